The molecule has 2 heterocycles. The molecule has 0 aliphatic carbocycles. The number of nitrogens with zero attached hydrogens (tertiary/aromatic N) is 3. The van der Waals surface area contributed by atoms with E-state index in [9.17, 15) is 9.59 Å². The molecule has 0 spiro atoms. The van der Waals surface area contributed by atoms with Crippen LogP contribution >= 0.6 is 11.3 Å². The van der Waals surface area contributed by atoms with Crippen LogP contribution in [0.2, 0.25) is 0 Å². The van der Waals surface area contributed by atoms with Gasteiger partial charge in [-0.3, -0.25) is 19.6 Å². The molecule has 0 saturated carbocycles. The number of carbonyl (C=O) groups excluding carboxylic acids is 1. The summed E-state index contributed by atoms with van der Waals surface area (Å²) in [6.45, 7) is 1.77. The molecule has 0 unspecified atom stereocenters. The molecule has 8 heteroatoms. The highest BCUT2D eigenvalue weighted by Gasteiger charge is 2.14. The number of aromatic nitrogens is 3. The fraction of sp³-hybridized carbons (Fsp3) is 0.385. The van der Waals surface area contributed by atoms with Gasteiger partial charge in [0.1, 0.15) is 0 Å². The number of nitrogens with one attached hydrogen (secondary N) is 1. The molecule has 2 aromatic heterocycles. The van der Waals surface area contributed by atoms with Crippen LogP contribution in [-0.4, -0.2) is 31.7 Å². The average Bonchev–Trinajstić information content (AvgIpc) is 2.95. The standard InChI is InChI=1S/C13H16N4O3S/c1-8-10(6-17(2)16-8)12(20)15-13-14-9(7-21-13)4-3-5-11(18)19/h6-7H,3-5H2,1-2H3,(H,18,19)(H,14,15,20). The second kappa shape index (κ2) is 6.49. The van der Waals surface area contributed by atoms with Crippen molar-refractivity contribution in [3.05, 3.63) is 28.5 Å². The normalized spacial score (nSPS) is 10.6. The lowest BCUT2D eigenvalue weighted by Crippen LogP contribution is -2.12. The maximum Gasteiger partial charge on any atom is 0.303 e. The van der Waals surface area contributed by atoms with Gasteiger partial charge in [0.2, 0.25) is 0 Å². The predicted octanol–water partition coefficient (Wildman–Crippen LogP) is 1.84. The molecular formula is C13H16N4O3S. The van der Waals surface area contributed by atoms with E-state index in [4.69, 9.17) is 5.11 Å². The summed E-state index contributed by atoms with van der Waals surface area (Å²) in [5.41, 5.74) is 1.97. The fourth-order valence-corrected chi connectivity index (χ4v) is 2.63. The number of hydrogen-bond donors (Lipinski definition) is 2. The van der Waals surface area contributed by atoms with Gasteiger partial charge in [0.25, 0.3) is 5.91 Å². The molecule has 0 aromatic carbocycles. The third-order valence-electron chi connectivity index (χ3n) is 2.85. The molecule has 2 N–H and O–H groups in total. The first kappa shape index (κ1) is 15.2. The first-order chi connectivity index (χ1) is 9.95. The van der Waals surface area contributed by atoms with Crippen LogP contribution in [-0.2, 0) is 18.3 Å². The van der Waals surface area contributed by atoms with Crippen LogP contribution < -0.4 is 5.32 Å². The van der Waals surface area contributed by atoms with E-state index in [1.54, 1.807) is 24.9 Å². The van der Waals surface area contributed by atoms with Gasteiger partial charge in [-0.2, -0.15) is 5.10 Å². The van der Waals surface area contributed by atoms with E-state index in [2.05, 4.69) is 15.4 Å². The molecule has 0 aliphatic heterocycles. The highest BCUT2D eigenvalue weighted by atomic mass is 32.1. The molecule has 0 aliphatic rings. The molecular weight excluding hydrogens is 292 g/mol. The van der Waals surface area contributed by atoms with E-state index in [1.807, 2.05) is 5.38 Å². The Morgan fingerprint density at radius 3 is 2.86 bits per heavy atom. The average molecular weight is 308 g/mol. The first-order valence-corrected chi connectivity index (χ1v) is 7.31. The van der Waals surface area contributed by atoms with Gasteiger partial charge in [-0.25, -0.2) is 4.98 Å². The van der Waals surface area contributed by atoms with Crippen LogP contribution in [0.15, 0.2) is 11.6 Å². The van der Waals surface area contributed by atoms with E-state index >= 15 is 0 Å². The van der Waals surface area contributed by atoms with Gasteiger partial charge in [-0.1, -0.05) is 0 Å². The van der Waals surface area contributed by atoms with Crippen LogP contribution in [0.4, 0.5) is 5.13 Å². The number of rotatable bonds is 6. The van der Waals surface area contributed by atoms with Crippen molar-refractivity contribution in [2.45, 2.75) is 26.2 Å². The van der Waals surface area contributed by atoms with Crippen LogP contribution in [0.25, 0.3) is 0 Å². The predicted molar refractivity (Wildman–Crippen MR) is 78.6 cm³/mol. The van der Waals surface area contributed by atoms with Crippen LogP contribution in [0.1, 0.15) is 34.6 Å². The van der Waals surface area contributed by atoms with Gasteiger partial charge >= 0.3 is 5.97 Å². The number of carbonyl (C=O) groups is 2. The number of anilines is 1. The van der Waals surface area contributed by atoms with Gasteiger partial charge in [0.05, 0.1) is 17.0 Å². The highest BCUT2D eigenvalue weighted by molar-refractivity contribution is 7.13. The zero-order valence-corrected chi connectivity index (χ0v) is 12.6. The van der Waals surface area contributed by atoms with Crippen molar-refractivity contribution >= 4 is 28.3 Å². The summed E-state index contributed by atoms with van der Waals surface area (Å²) in [6.07, 6.45) is 2.90. The van der Waals surface area contributed by atoms with Gasteiger partial charge < -0.3 is 5.11 Å². The van der Waals surface area contributed by atoms with Crippen molar-refractivity contribution in [1.82, 2.24) is 14.8 Å². The van der Waals surface area contributed by atoms with Crippen molar-refractivity contribution in [1.29, 1.82) is 0 Å². The number of thiazole rings is 1. The monoisotopic (exact) mass is 308 g/mol. The lowest BCUT2D eigenvalue weighted by Gasteiger charge is -1.99. The van der Waals surface area contributed by atoms with E-state index in [-0.39, 0.29) is 12.3 Å². The third-order valence-corrected chi connectivity index (χ3v) is 3.66. The van der Waals surface area contributed by atoms with Gasteiger partial charge in [0, 0.05) is 25.0 Å². The molecule has 1 amide bonds. The number of aryl methyl sites for hydroxylation is 3. The Morgan fingerprint density at radius 2 is 2.24 bits per heavy atom. The fourth-order valence-electron chi connectivity index (χ4n) is 1.89. The first-order valence-electron chi connectivity index (χ1n) is 6.43. The number of amides is 1. The van der Waals surface area contributed by atoms with Gasteiger partial charge in [0.15, 0.2) is 5.13 Å². The summed E-state index contributed by atoms with van der Waals surface area (Å²) in [6, 6.07) is 0. The molecule has 7 nitrogen and oxygen atoms in total. The summed E-state index contributed by atoms with van der Waals surface area (Å²) in [5.74, 6) is -1.06. The Bertz CT molecular complexity index is 662. The molecule has 2 aromatic rings. The molecule has 112 valence electrons. The molecule has 0 radical (unpaired) electrons. The quantitative estimate of drug-likeness (QED) is 0.848. The number of hydrogen-bond acceptors (Lipinski definition) is 5. The van der Waals surface area contributed by atoms with E-state index in [0.717, 1.165) is 5.69 Å². The second-order valence-electron chi connectivity index (χ2n) is 4.65. The number of carboxylic acids is 1. The summed E-state index contributed by atoms with van der Waals surface area (Å²) in [5, 5.41) is 17.8. The molecule has 0 fully saturated rings. The summed E-state index contributed by atoms with van der Waals surface area (Å²) in [7, 11) is 1.76. The molecule has 0 atom stereocenters. The maximum absolute atomic E-state index is 12.1. The Labute approximate surface area is 125 Å². The highest BCUT2D eigenvalue weighted by Crippen LogP contribution is 2.18. The zero-order chi connectivity index (χ0) is 15.4. The lowest BCUT2D eigenvalue weighted by molar-refractivity contribution is -0.137. The van der Waals surface area contributed by atoms with Crippen LogP contribution in [0, 0.1) is 6.92 Å². The number of carboxylic acid groups (broad SMARTS) is 1. The molecule has 0 bridgehead atoms. The van der Waals surface area contributed by atoms with Crippen molar-refractivity contribution in [2.75, 3.05) is 5.32 Å². The van der Waals surface area contributed by atoms with Crippen LogP contribution in [0.3, 0.4) is 0 Å². The smallest absolute Gasteiger partial charge is 0.303 e. The largest absolute Gasteiger partial charge is 0.481 e. The Balaban J connectivity index is 1.94. The molecule has 2 rings (SSSR count). The minimum Gasteiger partial charge on any atom is -0.481 e. The van der Waals surface area contributed by atoms with Gasteiger partial charge in [-0.05, 0) is 19.8 Å². The van der Waals surface area contributed by atoms with Crippen molar-refractivity contribution in [3.63, 3.8) is 0 Å². The molecule has 0 saturated heterocycles. The van der Waals surface area contributed by atoms with Gasteiger partial charge in [-0.15, -0.1) is 11.3 Å². The minimum atomic E-state index is -0.814. The third kappa shape index (κ3) is 4.12. The van der Waals surface area contributed by atoms with Crippen molar-refractivity contribution in [3.8, 4) is 0 Å². The summed E-state index contributed by atoms with van der Waals surface area (Å²) in [4.78, 5) is 26.8. The topological polar surface area (TPSA) is 97.1 Å². The van der Waals surface area contributed by atoms with E-state index in [0.29, 0.717) is 29.2 Å². The van der Waals surface area contributed by atoms with E-state index in [1.165, 1.54) is 11.3 Å². The number of aliphatic carboxylic acids is 1. The van der Waals surface area contributed by atoms with Crippen molar-refractivity contribution < 1.29 is 14.7 Å². The Morgan fingerprint density at radius 1 is 1.48 bits per heavy atom. The van der Waals surface area contributed by atoms with Crippen LogP contribution in [0.5, 0.6) is 0 Å². The Kier molecular flexibility index (Phi) is 4.69. The molecule has 21 heavy (non-hydrogen) atoms. The minimum absolute atomic E-state index is 0.119. The van der Waals surface area contributed by atoms with E-state index < -0.39 is 5.97 Å². The summed E-state index contributed by atoms with van der Waals surface area (Å²) < 4.78 is 1.59. The Hall–Kier alpha value is -2.22. The zero-order valence-electron chi connectivity index (χ0n) is 11.8. The SMILES string of the molecule is Cc1nn(C)cc1C(=O)Nc1nc(CCCC(=O)O)cs1. The van der Waals surface area contributed by atoms with Crippen molar-refractivity contribution in [2.24, 2.45) is 7.05 Å². The maximum atomic E-state index is 12.1. The second-order valence-corrected chi connectivity index (χ2v) is 5.51. The summed E-state index contributed by atoms with van der Waals surface area (Å²) >= 11 is 1.33. The lowest BCUT2D eigenvalue weighted by atomic mass is 10.2.